The van der Waals surface area contributed by atoms with E-state index in [1.54, 1.807) is 12.1 Å². The average molecular weight is 438 g/mol. The molecule has 2 heterocycles. The van der Waals surface area contributed by atoms with Crippen LogP contribution in [0.3, 0.4) is 0 Å². The van der Waals surface area contributed by atoms with Gasteiger partial charge in [-0.3, -0.25) is 4.79 Å². The van der Waals surface area contributed by atoms with Gasteiger partial charge < -0.3 is 9.73 Å². The number of para-hydroxylation sites is 1. The number of nitrogens with zero attached hydrogens (tertiary/aromatic N) is 2. The number of sulfonamides is 1. The zero-order chi connectivity index (χ0) is 22.0. The van der Waals surface area contributed by atoms with Crippen LogP contribution < -0.4 is 5.32 Å². The number of amides is 1. The van der Waals surface area contributed by atoms with Gasteiger partial charge in [0, 0.05) is 24.4 Å². The number of carbonyl (C=O) groups is 1. The first-order valence-corrected chi connectivity index (χ1v) is 11.6. The normalized spacial score (nSPS) is 16.6. The van der Waals surface area contributed by atoms with E-state index in [-0.39, 0.29) is 41.4 Å². The highest BCUT2D eigenvalue weighted by Crippen LogP contribution is 2.27. The van der Waals surface area contributed by atoms with Crippen molar-refractivity contribution < 1.29 is 17.6 Å². The van der Waals surface area contributed by atoms with Crippen LogP contribution in [-0.2, 0) is 14.8 Å². The first-order chi connectivity index (χ1) is 14.9. The van der Waals surface area contributed by atoms with Gasteiger partial charge in [-0.1, -0.05) is 30.3 Å². The number of hydrogen-bond donors (Lipinski definition) is 1. The molecule has 160 valence electrons. The molecule has 1 fully saturated rings. The summed E-state index contributed by atoms with van der Waals surface area (Å²) in [5.41, 5.74) is 0.900. The molecular weight excluding hydrogens is 414 g/mol. The highest BCUT2D eigenvalue weighted by Gasteiger charge is 2.33. The van der Waals surface area contributed by atoms with Gasteiger partial charge in [0.1, 0.15) is 17.4 Å². The number of furan rings is 1. The lowest BCUT2D eigenvalue weighted by molar-refractivity contribution is -0.126. The van der Waals surface area contributed by atoms with Crippen molar-refractivity contribution in [3.05, 3.63) is 65.9 Å². The number of carbonyl (C=O) groups excluding carboxylic acids is 1. The lowest BCUT2D eigenvalue weighted by Gasteiger charge is -2.31. The highest BCUT2D eigenvalue weighted by atomic mass is 32.2. The molecule has 1 aliphatic rings. The third kappa shape index (κ3) is 4.20. The zero-order valence-corrected chi connectivity index (χ0v) is 17.9. The molecule has 1 saturated heterocycles. The van der Waals surface area contributed by atoms with Gasteiger partial charge in [0.25, 0.3) is 0 Å². The molecule has 0 aliphatic carbocycles. The quantitative estimate of drug-likeness (QED) is 0.657. The third-order valence-corrected chi connectivity index (χ3v) is 7.64. The fourth-order valence-electron chi connectivity index (χ4n) is 3.90. The van der Waals surface area contributed by atoms with Gasteiger partial charge >= 0.3 is 0 Å². The summed E-state index contributed by atoms with van der Waals surface area (Å²) < 4.78 is 33.1. The molecule has 1 aliphatic heterocycles. The molecule has 31 heavy (non-hydrogen) atoms. The van der Waals surface area contributed by atoms with Crippen LogP contribution in [0.2, 0.25) is 0 Å². The topological polar surface area (TPSA) is 103 Å². The van der Waals surface area contributed by atoms with E-state index in [9.17, 15) is 18.5 Å². The Balaban J connectivity index is 1.39. The molecule has 0 spiro atoms. The molecular formula is C23H23N3O4S. The van der Waals surface area contributed by atoms with E-state index in [0.717, 1.165) is 11.0 Å². The summed E-state index contributed by atoms with van der Waals surface area (Å²) in [6.45, 7) is 2.34. The molecule has 1 unspecified atom stereocenters. The number of benzene rings is 2. The van der Waals surface area contributed by atoms with E-state index in [1.807, 2.05) is 43.3 Å². The molecule has 8 heteroatoms. The summed E-state index contributed by atoms with van der Waals surface area (Å²) in [5, 5.41) is 13.2. The van der Waals surface area contributed by atoms with Gasteiger partial charge in [-0.15, -0.1) is 0 Å². The Hall–Kier alpha value is -3.15. The number of rotatable bonds is 5. The standard InChI is InChI=1S/C23H23N3O4S/c1-16(21-14-18-6-2-4-8-20(18)30-21)25-23(27)17-10-12-26(13-11-17)31(28,29)22-9-5-3-7-19(22)15-24/h2-9,14,16-17H,10-13H2,1H3,(H,25,27). The van der Waals surface area contributed by atoms with Crippen molar-refractivity contribution in [2.75, 3.05) is 13.1 Å². The smallest absolute Gasteiger partial charge is 0.244 e. The van der Waals surface area contributed by atoms with Crippen LogP contribution >= 0.6 is 0 Å². The summed E-state index contributed by atoms with van der Waals surface area (Å²) in [6, 6.07) is 17.4. The zero-order valence-electron chi connectivity index (χ0n) is 17.1. The number of nitriles is 1. The van der Waals surface area contributed by atoms with Gasteiger partial charge in [0.05, 0.1) is 16.5 Å². The molecule has 1 amide bonds. The van der Waals surface area contributed by atoms with Gasteiger partial charge in [-0.25, -0.2) is 8.42 Å². The maximum Gasteiger partial charge on any atom is 0.244 e. The first kappa shape index (κ1) is 21.1. The predicted octanol–water partition coefficient (Wildman–Crippen LogP) is 3.58. The maximum absolute atomic E-state index is 13.0. The van der Waals surface area contributed by atoms with Crippen molar-refractivity contribution in [2.24, 2.45) is 5.92 Å². The van der Waals surface area contributed by atoms with Crippen LogP contribution in [0.4, 0.5) is 0 Å². The second-order valence-corrected chi connectivity index (χ2v) is 9.61. The molecule has 0 radical (unpaired) electrons. The third-order valence-electron chi connectivity index (χ3n) is 5.68. The Labute approximate surface area is 181 Å². The number of nitrogens with one attached hydrogen (secondary N) is 1. The van der Waals surface area contributed by atoms with E-state index in [0.29, 0.717) is 18.6 Å². The molecule has 3 aromatic rings. The van der Waals surface area contributed by atoms with Crippen LogP contribution in [0.25, 0.3) is 11.0 Å². The minimum atomic E-state index is -3.77. The fraction of sp³-hybridized carbons (Fsp3) is 0.304. The minimum Gasteiger partial charge on any atom is -0.459 e. The Morgan fingerprint density at radius 1 is 1.16 bits per heavy atom. The SMILES string of the molecule is CC(NC(=O)C1CCN(S(=O)(=O)c2ccccc2C#N)CC1)c1cc2ccccc2o1. The molecule has 0 bridgehead atoms. The largest absolute Gasteiger partial charge is 0.459 e. The van der Waals surface area contributed by atoms with E-state index < -0.39 is 10.0 Å². The molecule has 1 atom stereocenters. The Morgan fingerprint density at radius 3 is 2.55 bits per heavy atom. The minimum absolute atomic E-state index is 0.0129. The van der Waals surface area contributed by atoms with E-state index in [4.69, 9.17) is 4.42 Å². The summed E-state index contributed by atoms with van der Waals surface area (Å²) in [5.74, 6) is 0.301. The summed E-state index contributed by atoms with van der Waals surface area (Å²) in [7, 11) is -3.77. The predicted molar refractivity (Wildman–Crippen MR) is 115 cm³/mol. The van der Waals surface area contributed by atoms with E-state index in [1.165, 1.54) is 16.4 Å². The van der Waals surface area contributed by atoms with Crippen molar-refractivity contribution in [1.82, 2.24) is 9.62 Å². The molecule has 1 N–H and O–H groups in total. The number of fused-ring (bicyclic) bond motifs is 1. The van der Waals surface area contributed by atoms with Gasteiger partial charge in [-0.05, 0) is 44.0 Å². The Kier molecular flexibility index (Phi) is 5.81. The molecule has 7 nitrogen and oxygen atoms in total. The van der Waals surface area contributed by atoms with Crippen molar-refractivity contribution in [1.29, 1.82) is 5.26 Å². The van der Waals surface area contributed by atoms with Gasteiger partial charge in [0.15, 0.2) is 0 Å². The Morgan fingerprint density at radius 2 is 1.84 bits per heavy atom. The second-order valence-electron chi connectivity index (χ2n) is 7.70. The monoisotopic (exact) mass is 437 g/mol. The van der Waals surface area contributed by atoms with Gasteiger partial charge in [-0.2, -0.15) is 9.57 Å². The number of hydrogen-bond acceptors (Lipinski definition) is 5. The van der Waals surface area contributed by atoms with Crippen LogP contribution in [0.1, 0.15) is 37.1 Å². The van der Waals surface area contributed by atoms with Crippen LogP contribution in [0.15, 0.2) is 63.9 Å². The molecule has 4 rings (SSSR count). The summed E-state index contributed by atoms with van der Waals surface area (Å²) in [6.07, 6.45) is 0.846. The van der Waals surface area contributed by atoms with E-state index >= 15 is 0 Å². The fourth-order valence-corrected chi connectivity index (χ4v) is 5.51. The number of piperidine rings is 1. The molecule has 2 aromatic carbocycles. The molecule has 0 saturated carbocycles. The lowest BCUT2D eigenvalue weighted by atomic mass is 9.97. The van der Waals surface area contributed by atoms with Crippen molar-refractivity contribution in [3.63, 3.8) is 0 Å². The van der Waals surface area contributed by atoms with Gasteiger partial charge in [0.2, 0.25) is 15.9 Å². The summed E-state index contributed by atoms with van der Waals surface area (Å²) >= 11 is 0. The van der Waals surface area contributed by atoms with Crippen LogP contribution in [-0.4, -0.2) is 31.7 Å². The van der Waals surface area contributed by atoms with Crippen LogP contribution in [0, 0.1) is 17.2 Å². The van der Waals surface area contributed by atoms with Crippen LogP contribution in [0.5, 0.6) is 0 Å². The highest BCUT2D eigenvalue weighted by molar-refractivity contribution is 7.89. The first-order valence-electron chi connectivity index (χ1n) is 10.2. The van der Waals surface area contributed by atoms with Crippen molar-refractivity contribution in [2.45, 2.75) is 30.7 Å². The Bertz CT molecular complexity index is 1220. The maximum atomic E-state index is 13.0. The molecule has 1 aromatic heterocycles. The second kappa shape index (κ2) is 8.53. The lowest BCUT2D eigenvalue weighted by Crippen LogP contribution is -2.43. The average Bonchev–Trinajstić information content (AvgIpc) is 3.23. The van der Waals surface area contributed by atoms with Crippen molar-refractivity contribution >= 4 is 26.9 Å². The van der Waals surface area contributed by atoms with E-state index in [2.05, 4.69) is 5.32 Å². The van der Waals surface area contributed by atoms with Crippen molar-refractivity contribution in [3.8, 4) is 6.07 Å². The summed E-state index contributed by atoms with van der Waals surface area (Å²) in [4.78, 5) is 12.8.